The topological polar surface area (TPSA) is 9.23 Å². The summed E-state index contributed by atoms with van der Waals surface area (Å²) < 4.78 is 33.9. The number of hydrogen-bond acceptors (Lipinski definition) is 1. The molecule has 1 nitrogen and oxygen atoms in total. The summed E-state index contributed by atoms with van der Waals surface area (Å²) in [5.74, 6) is 0.113. The molecule has 2 atom stereocenters. The van der Waals surface area contributed by atoms with Gasteiger partial charge < -0.3 is 4.74 Å². The zero-order valence-corrected chi connectivity index (χ0v) is 13.6. The number of ether oxygens (including phenoxy) is 1. The van der Waals surface area contributed by atoms with Crippen LogP contribution in [0.2, 0.25) is 0 Å². The Balaban J connectivity index is 1.61. The lowest BCUT2D eigenvalue weighted by molar-refractivity contribution is -0.0432. The van der Waals surface area contributed by atoms with Crippen LogP contribution in [0, 0.1) is 30.4 Å². The van der Waals surface area contributed by atoms with Crippen molar-refractivity contribution in [1.82, 2.24) is 0 Å². The van der Waals surface area contributed by atoms with Crippen LogP contribution in [-0.2, 0) is 4.74 Å². The quantitative estimate of drug-likeness (QED) is 0.714. The lowest BCUT2D eigenvalue weighted by atomic mass is 9.77. The van der Waals surface area contributed by atoms with Gasteiger partial charge in [-0.3, -0.25) is 0 Å². The van der Waals surface area contributed by atoms with Crippen molar-refractivity contribution in [1.29, 1.82) is 0 Å². The number of aryl methyl sites for hydroxylation is 1. The molecule has 0 radical (unpaired) electrons. The molecule has 0 spiro atoms. The van der Waals surface area contributed by atoms with Gasteiger partial charge in [0.2, 0.25) is 0 Å². The van der Waals surface area contributed by atoms with Crippen molar-refractivity contribution < 1.29 is 13.5 Å². The van der Waals surface area contributed by atoms with Crippen LogP contribution in [0.25, 0.3) is 0 Å². The lowest BCUT2D eigenvalue weighted by Gasteiger charge is -2.37. The monoisotopic (exact) mass is 308 g/mol. The number of rotatable bonds is 2. The van der Waals surface area contributed by atoms with E-state index in [4.69, 9.17) is 4.74 Å². The van der Waals surface area contributed by atoms with Crippen molar-refractivity contribution >= 4 is 0 Å². The van der Waals surface area contributed by atoms with Crippen molar-refractivity contribution in [2.45, 2.75) is 64.4 Å². The lowest BCUT2D eigenvalue weighted by Crippen LogP contribution is -2.33. The molecule has 122 valence electrons. The minimum absolute atomic E-state index is 0.00568. The van der Waals surface area contributed by atoms with Gasteiger partial charge in [0.25, 0.3) is 0 Å². The molecule has 1 heterocycles. The molecule has 22 heavy (non-hydrogen) atoms. The molecule has 1 saturated heterocycles. The van der Waals surface area contributed by atoms with Gasteiger partial charge in [-0.05, 0) is 55.6 Å². The second-order valence-electron chi connectivity index (χ2n) is 7.27. The average molecular weight is 308 g/mol. The SMILES string of the molecule is Cc1ccc(C2CC[C@@H](C3CCC(C)CC3)OC2)c(F)c1F. The van der Waals surface area contributed by atoms with Crippen molar-refractivity contribution in [2.75, 3.05) is 6.61 Å². The van der Waals surface area contributed by atoms with Gasteiger partial charge in [0, 0.05) is 5.92 Å². The van der Waals surface area contributed by atoms with Crippen molar-refractivity contribution in [3.63, 3.8) is 0 Å². The van der Waals surface area contributed by atoms with Gasteiger partial charge in [0.15, 0.2) is 11.6 Å². The van der Waals surface area contributed by atoms with E-state index < -0.39 is 11.6 Å². The molecular formula is C19H26F2O. The maximum atomic E-state index is 14.1. The zero-order valence-electron chi connectivity index (χ0n) is 13.6. The molecule has 2 aliphatic rings. The van der Waals surface area contributed by atoms with E-state index in [9.17, 15) is 8.78 Å². The number of halogens is 2. The Morgan fingerprint density at radius 2 is 1.68 bits per heavy atom. The summed E-state index contributed by atoms with van der Waals surface area (Å²) >= 11 is 0. The summed E-state index contributed by atoms with van der Waals surface area (Å²) in [6.45, 7) is 4.44. The van der Waals surface area contributed by atoms with E-state index in [-0.39, 0.29) is 5.92 Å². The average Bonchev–Trinajstić information content (AvgIpc) is 2.54. The molecule has 3 heteroatoms. The van der Waals surface area contributed by atoms with Crippen LogP contribution in [0.3, 0.4) is 0 Å². The summed E-state index contributed by atoms with van der Waals surface area (Å²) in [4.78, 5) is 0. The second kappa shape index (κ2) is 6.66. The molecule has 1 aliphatic heterocycles. The Hall–Kier alpha value is -0.960. The van der Waals surface area contributed by atoms with Gasteiger partial charge >= 0.3 is 0 Å². The van der Waals surface area contributed by atoms with Crippen LogP contribution in [0.5, 0.6) is 0 Å². The first-order valence-electron chi connectivity index (χ1n) is 8.62. The van der Waals surface area contributed by atoms with Gasteiger partial charge in [-0.15, -0.1) is 0 Å². The summed E-state index contributed by atoms with van der Waals surface area (Å²) in [5.41, 5.74) is 0.853. The van der Waals surface area contributed by atoms with E-state index >= 15 is 0 Å². The summed E-state index contributed by atoms with van der Waals surface area (Å²) in [6, 6.07) is 3.40. The van der Waals surface area contributed by atoms with Crippen molar-refractivity contribution in [3.8, 4) is 0 Å². The first kappa shape index (κ1) is 15.9. The molecule has 1 aromatic rings. The van der Waals surface area contributed by atoms with Gasteiger partial charge in [0.05, 0.1) is 12.7 Å². The molecular weight excluding hydrogens is 282 g/mol. The van der Waals surface area contributed by atoms with Gasteiger partial charge in [-0.25, -0.2) is 8.78 Å². The third-order valence-corrected chi connectivity index (χ3v) is 5.64. The molecule has 1 unspecified atom stereocenters. The van der Waals surface area contributed by atoms with E-state index in [0.717, 1.165) is 18.8 Å². The smallest absolute Gasteiger partial charge is 0.162 e. The van der Waals surface area contributed by atoms with Crippen LogP contribution in [0.1, 0.15) is 62.5 Å². The molecule has 1 aromatic carbocycles. The summed E-state index contributed by atoms with van der Waals surface area (Å²) in [6.07, 6.45) is 7.29. The van der Waals surface area contributed by atoms with Crippen molar-refractivity contribution in [3.05, 3.63) is 34.9 Å². The minimum Gasteiger partial charge on any atom is -0.377 e. The van der Waals surface area contributed by atoms with E-state index in [1.807, 2.05) is 0 Å². The molecule has 3 rings (SSSR count). The first-order chi connectivity index (χ1) is 10.6. The highest BCUT2D eigenvalue weighted by atomic mass is 19.2. The fraction of sp³-hybridized carbons (Fsp3) is 0.684. The molecule has 0 amide bonds. The van der Waals surface area contributed by atoms with E-state index in [1.54, 1.807) is 19.1 Å². The van der Waals surface area contributed by atoms with Crippen LogP contribution in [0.15, 0.2) is 12.1 Å². The highest BCUT2D eigenvalue weighted by Gasteiger charge is 2.32. The maximum absolute atomic E-state index is 14.1. The molecule has 0 N–H and O–H groups in total. The fourth-order valence-corrected chi connectivity index (χ4v) is 4.02. The molecule has 0 bridgehead atoms. The van der Waals surface area contributed by atoms with E-state index in [1.165, 1.54) is 25.7 Å². The molecule has 1 saturated carbocycles. The number of hydrogen-bond donors (Lipinski definition) is 0. The van der Waals surface area contributed by atoms with Crippen LogP contribution < -0.4 is 0 Å². The third-order valence-electron chi connectivity index (χ3n) is 5.64. The Labute approximate surface area is 132 Å². The van der Waals surface area contributed by atoms with Gasteiger partial charge in [0.1, 0.15) is 0 Å². The zero-order chi connectivity index (χ0) is 15.7. The Bertz CT molecular complexity index is 512. The Morgan fingerprint density at radius 3 is 2.32 bits per heavy atom. The largest absolute Gasteiger partial charge is 0.377 e. The first-order valence-corrected chi connectivity index (χ1v) is 8.62. The Morgan fingerprint density at radius 1 is 0.955 bits per heavy atom. The fourth-order valence-electron chi connectivity index (χ4n) is 4.02. The molecule has 0 aromatic heterocycles. The second-order valence-corrected chi connectivity index (χ2v) is 7.27. The predicted octanol–water partition coefficient (Wildman–Crippen LogP) is 5.36. The van der Waals surface area contributed by atoms with E-state index in [2.05, 4.69) is 6.92 Å². The van der Waals surface area contributed by atoms with Crippen LogP contribution >= 0.6 is 0 Å². The van der Waals surface area contributed by atoms with Crippen LogP contribution in [-0.4, -0.2) is 12.7 Å². The summed E-state index contributed by atoms with van der Waals surface area (Å²) in [5, 5.41) is 0. The normalized spacial score (nSPS) is 32.9. The van der Waals surface area contributed by atoms with E-state index in [0.29, 0.717) is 29.8 Å². The predicted molar refractivity (Wildman–Crippen MR) is 83.9 cm³/mol. The molecule has 2 fully saturated rings. The van der Waals surface area contributed by atoms with Crippen LogP contribution in [0.4, 0.5) is 8.78 Å². The standard InChI is InChI=1S/C19H26F2O/c1-12-3-6-14(7-4-12)17-10-8-15(11-22-17)16-9-5-13(2)18(20)19(16)21/h5,9,12,14-15,17H,3-4,6-8,10-11H2,1-2H3/t12?,14?,15?,17-/m0/s1. The molecule has 1 aliphatic carbocycles. The van der Waals surface area contributed by atoms with Gasteiger partial charge in [-0.2, -0.15) is 0 Å². The highest BCUT2D eigenvalue weighted by molar-refractivity contribution is 5.28. The summed E-state index contributed by atoms with van der Waals surface area (Å²) in [7, 11) is 0. The maximum Gasteiger partial charge on any atom is 0.162 e. The Kier molecular flexibility index (Phi) is 4.82. The number of benzene rings is 1. The minimum atomic E-state index is -0.708. The van der Waals surface area contributed by atoms with Crippen molar-refractivity contribution in [2.24, 2.45) is 11.8 Å². The third kappa shape index (κ3) is 3.19. The van der Waals surface area contributed by atoms with Gasteiger partial charge in [-0.1, -0.05) is 31.9 Å². The highest BCUT2D eigenvalue weighted by Crippen LogP contribution is 2.38.